The van der Waals surface area contributed by atoms with E-state index in [1.54, 1.807) is 12.4 Å². The topological polar surface area (TPSA) is 67.5 Å². The molecule has 2 aromatic heterocycles. The van der Waals surface area contributed by atoms with E-state index in [1.807, 2.05) is 10.6 Å². The van der Waals surface area contributed by atoms with E-state index < -0.39 is 5.97 Å². The average molecular weight is 280 g/mol. The molecule has 1 N–H and O–H groups in total. The van der Waals surface area contributed by atoms with E-state index in [-0.39, 0.29) is 5.92 Å². The predicted octanol–water partition coefficient (Wildman–Crippen LogP) is 2.74. The van der Waals surface area contributed by atoms with Crippen molar-refractivity contribution in [3.05, 3.63) is 29.6 Å². The Hall–Kier alpha value is -1.62. The Balaban J connectivity index is 1.86. The van der Waals surface area contributed by atoms with E-state index in [1.165, 1.54) is 0 Å². The molecule has 6 heteroatoms. The first-order chi connectivity index (χ1) is 9.16. The molecule has 1 fully saturated rings. The standard InChI is InChI=1S/C13H14ClN3O2/c14-11-10-7-16-12(17(10)6-5-15-11)8-1-3-9(4-2-8)13(18)19/h5-9H,1-4H2,(H,18,19)/t8-,9-. The van der Waals surface area contributed by atoms with Gasteiger partial charge in [-0.1, -0.05) is 11.6 Å². The minimum atomic E-state index is -0.682. The maximum absolute atomic E-state index is 11.0. The summed E-state index contributed by atoms with van der Waals surface area (Å²) in [5.74, 6) is 0.381. The molecule has 0 radical (unpaired) electrons. The fraction of sp³-hybridized carbons (Fsp3) is 0.462. The van der Waals surface area contributed by atoms with Crippen LogP contribution in [0.5, 0.6) is 0 Å². The van der Waals surface area contributed by atoms with Crippen LogP contribution in [0.2, 0.25) is 5.15 Å². The fourth-order valence-electron chi connectivity index (χ4n) is 2.82. The highest BCUT2D eigenvalue weighted by Crippen LogP contribution is 2.35. The minimum Gasteiger partial charge on any atom is -0.481 e. The zero-order valence-electron chi connectivity index (χ0n) is 10.3. The summed E-state index contributed by atoms with van der Waals surface area (Å²) >= 11 is 6.02. The Morgan fingerprint density at radius 3 is 2.74 bits per heavy atom. The number of fused-ring (bicyclic) bond motifs is 1. The van der Waals surface area contributed by atoms with Crippen molar-refractivity contribution >= 4 is 23.1 Å². The van der Waals surface area contributed by atoms with Crippen molar-refractivity contribution in [2.45, 2.75) is 31.6 Å². The molecule has 2 heterocycles. The number of hydrogen-bond acceptors (Lipinski definition) is 3. The van der Waals surface area contributed by atoms with Crippen LogP contribution in [-0.4, -0.2) is 25.4 Å². The van der Waals surface area contributed by atoms with E-state index in [2.05, 4.69) is 9.97 Å². The van der Waals surface area contributed by atoms with Crippen LogP contribution in [0, 0.1) is 5.92 Å². The molecule has 2 aromatic rings. The van der Waals surface area contributed by atoms with Gasteiger partial charge in [0.2, 0.25) is 0 Å². The number of aliphatic carboxylic acids is 1. The second-order valence-electron chi connectivity index (χ2n) is 4.98. The number of hydrogen-bond donors (Lipinski definition) is 1. The van der Waals surface area contributed by atoms with Crippen molar-refractivity contribution in [3.8, 4) is 0 Å². The van der Waals surface area contributed by atoms with Crippen molar-refractivity contribution in [2.75, 3.05) is 0 Å². The molecule has 0 aliphatic heterocycles. The molecule has 1 saturated carbocycles. The molecule has 19 heavy (non-hydrogen) atoms. The third kappa shape index (κ3) is 2.18. The van der Waals surface area contributed by atoms with Crippen LogP contribution in [0.25, 0.3) is 5.52 Å². The van der Waals surface area contributed by atoms with Crippen LogP contribution in [-0.2, 0) is 4.79 Å². The molecule has 0 bridgehead atoms. The Labute approximate surface area is 115 Å². The molecule has 100 valence electrons. The first-order valence-electron chi connectivity index (χ1n) is 6.37. The van der Waals surface area contributed by atoms with Gasteiger partial charge in [-0.15, -0.1) is 0 Å². The van der Waals surface area contributed by atoms with Gasteiger partial charge in [-0.2, -0.15) is 0 Å². The number of aromatic nitrogens is 3. The van der Waals surface area contributed by atoms with Gasteiger partial charge in [-0.25, -0.2) is 9.97 Å². The van der Waals surface area contributed by atoms with Gasteiger partial charge in [0.1, 0.15) is 11.3 Å². The molecule has 0 saturated heterocycles. The summed E-state index contributed by atoms with van der Waals surface area (Å²) in [6.07, 6.45) is 8.39. The summed E-state index contributed by atoms with van der Waals surface area (Å²) in [6, 6.07) is 0. The lowest BCUT2D eigenvalue weighted by atomic mass is 9.81. The first kappa shape index (κ1) is 12.4. The molecule has 3 rings (SSSR count). The number of carboxylic acid groups (broad SMARTS) is 1. The number of carboxylic acids is 1. The van der Waals surface area contributed by atoms with Gasteiger partial charge < -0.3 is 5.11 Å². The molecule has 0 aromatic carbocycles. The van der Waals surface area contributed by atoms with Crippen LogP contribution in [0.1, 0.15) is 37.4 Å². The molecular formula is C13H14ClN3O2. The van der Waals surface area contributed by atoms with Gasteiger partial charge in [0.05, 0.1) is 12.1 Å². The lowest BCUT2D eigenvalue weighted by molar-refractivity contribution is -0.142. The smallest absolute Gasteiger partial charge is 0.306 e. The minimum absolute atomic E-state index is 0.201. The van der Waals surface area contributed by atoms with E-state index >= 15 is 0 Å². The van der Waals surface area contributed by atoms with Crippen LogP contribution in [0.3, 0.4) is 0 Å². The van der Waals surface area contributed by atoms with Gasteiger partial charge in [0.15, 0.2) is 5.15 Å². The van der Waals surface area contributed by atoms with Crippen LogP contribution in [0.4, 0.5) is 0 Å². The lowest BCUT2D eigenvalue weighted by Gasteiger charge is -2.25. The zero-order chi connectivity index (χ0) is 13.4. The van der Waals surface area contributed by atoms with Crippen LogP contribution >= 0.6 is 11.6 Å². The normalized spacial score (nSPS) is 23.6. The summed E-state index contributed by atoms with van der Waals surface area (Å²) < 4.78 is 1.96. The van der Waals surface area contributed by atoms with Gasteiger partial charge in [-0.05, 0) is 25.7 Å². The number of rotatable bonds is 2. The summed E-state index contributed by atoms with van der Waals surface area (Å²) in [7, 11) is 0. The van der Waals surface area contributed by atoms with Crippen molar-refractivity contribution in [1.29, 1.82) is 0 Å². The maximum Gasteiger partial charge on any atom is 0.306 e. The molecular weight excluding hydrogens is 266 g/mol. The second-order valence-corrected chi connectivity index (χ2v) is 5.33. The Morgan fingerprint density at radius 1 is 1.32 bits per heavy atom. The van der Waals surface area contributed by atoms with Crippen LogP contribution in [0.15, 0.2) is 18.6 Å². The van der Waals surface area contributed by atoms with Gasteiger partial charge in [0.25, 0.3) is 0 Å². The third-order valence-corrected chi connectivity index (χ3v) is 4.17. The van der Waals surface area contributed by atoms with Crippen molar-refractivity contribution in [3.63, 3.8) is 0 Å². The van der Waals surface area contributed by atoms with Gasteiger partial charge >= 0.3 is 5.97 Å². The highest BCUT2D eigenvalue weighted by atomic mass is 35.5. The molecule has 5 nitrogen and oxygen atoms in total. The summed E-state index contributed by atoms with van der Waals surface area (Å²) in [5, 5.41) is 9.46. The number of halogens is 1. The highest BCUT2D eigenvalue weighted by Gasteiger charge is 2.28. The van der Waals surface area contributed by atoms with Crippen LogP contribution < -0.4 is 0 Å². The van der Waals surface area contributed by atoms with Gasteiger partial charge in [0, 0.05) is 18.3 Å². The highest BCUT2D eigenvalue weighted by molar-refractivity contribution is 6.32. The monoisotopic (exact) mass is 279 g/mol. The molecule has 1 aliphatic carbocycles. The van der Waals surface area contributed by atoms with Gasteiger partial charge in [-0.3, -0.25) is 9.20 Å². The fourth-order valence-corrected chi connectivity index (χ4v) is 3.01. The largest absolute Gasteiger partial charge is 0.481 e. The average Bonchev–Trinajstić information content (AvgIpc) is 2.84. The second kappa shape index (κ2) is 4.81. The van der Waals surface area contributed by atoms with Crippen molar-refractivity contribution in [2.24, 2.45) is 5.92 Å². The number of nitrogens with zero attached hydrogens (tertiary/aromatic N) is 3. The van der Waals surface area contributed by atoms with E-state index in [4.69, 9.17) is 16.7 Å². The Kier molecular flexibility index (Phi) is 3.14. The molecule has 0 unspecified atom stereocenters. The Bertz CT molecular complexity index is 617. The number of carbonyl (C=O) groups is 1. The number of imidazole rings is 1. The lowest BCUT2D eigenvalue weighted by Crippen LogP contribution is -2.21. The summed E-state index contributed by atoms with van der Waals surface area (Å²) in [6.45, 7) is 0. The van der Waals surface area contributed by atoms with E-state index in [9.17, 15) is 4.79 Å². The summed E-state index contributed by atoms with van der Waals surface area (Å²) in [5.41, 5.74) is 0.805. The van der Waals surface area contributed by atoms with Crippen molar-refractivity contribution in [1.82, 2.24) is 14.4 Å². The summed E-state index contributed by atoms with van der Waals surface area (Å²) in [4.78, 5) is 19.4. The molecule has 1 aliphatic rings. The van der Waals surface area contributed by atoms with E-state index in [0.29, 0.717) is 23.9 Å². The van der Waals surface area contributed by atoms with E-state index in [0.717, 1.165) is 24.2 Å². The quantitative estimate of drug-likeness (QED) is 0.918. The zero-order valence-corrected chi connectivity index (χ0v) is 11.0. The maximum atomic E-state index is 11.0. The SMILES string of the molecule is O=C(O)[C@H]1CC[C@H](c2ncc3c(Cl)nccn32)CC1. The molecule has 0 spiro atoms. The first-order valence-corrected chi connectivity index (χ1v) is 6.75. The predicted molar refractivity (Wildman–Crippen MR) is 70.3 cm³/mol. The van der Waals surface area contributed by atoms with Crippen molar-refractivity contribution < 1.29 is 9.90 Å². The molecule has 0 atom stereocenters. The Morgan fingerprint density at radius 2 is 2.05 bits per heavy atom. The third-order valence-electron chi connectivity index (χ3n) is 3.88. The molecule has 0 amide bonds.